The number of rotatable bonds is 1. The summed E-state index contributed by atoms with van der Waals surface area (Å²) < 4.78 is 0. The van der Waals surface area contributed by atoms with Gasteiger partial charge in [0.25, 0.3) is 0 Å². The van der Waals surface area contributed by atoms with Gasteiger partial charge in [0.05, 0.1) is 5.52 Å². The molecule has 0 bridgehead atoms. The second-order valence-electron chi connectivity index (χ2n) is 7.03. The summed E-state index contributed by atoms with van der Waals surface area (Å²) in [6.45, 7) is 10.5. The lowest BCUT2D eigenvalue weighted by molar-refractivity contribution is 0.306. The number of aromatic nitrogens is 1. The first-order valence-electron chi connectivity index (χ1n) is 7.68. The Labute approximate surface area is 127 Å². The van der Waals surface area contributed by atoms with Crippen LogP contribution in [0.25, 0.3) is 10.9 Å². The maximum absolute atomic E-state index is 6.53. The maximum Gasteiger partial charge on any atom is 0.0740 e. The highest BCUT2D eigenvalue weighted by molar-refractivity contribution is 5.88. The molecular weight excluding hydrogens is 258 g/mol. The van der Waals surface area contributed by atoms with Gasteiger partial charge >= 0.3 is 0 Å². The highest BCUT2D eigenvalue weighted by Crippen LogP contribution is 2.35. The number of benzene rings is 1. The van der Waals surface area contributed by atoms with E-state index in [0.717, 1.165) is 25.0 Å². The Morgan fingerprint density at radius 2 is 1.95 bits per heavy atom. The number of nitrogens with two attached hydrogens (primary N) is 1. The van der Waals surface area contributed by atoms with Crippen molar-refractivity contribution >= 4 is 10.9 Å². The number of likely N-dealkylation sites (N-methyl/N-ethyl adjacent to an activating group) is 1. The van der Waals surface area contributed by atoms with Crippen LogP contribution < -0.4 is 5.73 Å². The predicted molar refractivity (Wildman–Crippen MR) is 88.5 cm³/mol. The molecule has 1 aliphatic rings. The smallest absolute Gasteiger partial charge is 0.0740 e. The molecule has 1 aromatic carbocycles. The molecule has 3 heteroatoms. The molecule has 0 amide bonds. The zero-order chi connectivity index (χ0) is 15.4. The fourth-order valence-corrected chi connectivity index (χ4v) is 3.41. The van der Waals surface area contributed by atoms with Gasteiger partial charge in [-0.1, -0.05) is 12.1 Å². The number of nitrogens with zero attached hydrogens (tertiary/aromatic N) is 2. The molecule has 112 valence electrons. The van der Waals surface area contributed by atoms with Crippen LogP contribution in [0.2, 0.25) is 0 Å². The van der Waals surface area contributed by atoms with Crippen molar-refractivity contribution in [3.05, 3.63) is 40.1 Å². The first kappa shape index (κ1) is 14.5. The van der Waals surface area contributed by atoms with Gasteiger partial charge < -0.3 is 10.6 Å². The second-order valence-corrected chi connectivity index (χ2v) is 7.03. The summed E-state index contributed by atoms with van der Waals surface area (Å²) in [4.78, 5) is 7.36. The molecule has 0 fully saturated rings. The molecule has 2 N–H and O–H groups in total. The normalized spacial score (nSPS) is 16.3. The van der Waals surface area contributed by atoms with Gasteiger partial charge in [-0.3, -0.25) is 4.98 Å². The van der Waals surface area contributed by atoms with E-state index in [2.05, 4.69) is 51.8 Å². The van der Waals surface area contributed by atoms with Crippen molar-refractivity contribution in [3.63, 3.8) is 0 Å². The molecule has 21 heavy (non-hydrogen) atoms. The largest absolute Gasteiger partial charge is 0.322 e. The van der Waals surface area contributed by atoms with Gasteiger partial charge in [-0.05, 0) is 57.0 Å². The number of fused-ring (bicyclic) bond motifs is 2. The lowest BCUT2D eigenvalue weighted by Crippen LogP contribution is -2.35. The van der Waals surface area contributed by atoms with Gasteiger partial charge in [0, 0.05) is 36.1 Å². The fraction of sp³-hybridized carbons (Fsp3) is 0.500. The van der Waals surface area contributed by atoms with Crippen molar-refractivity contribution in [2.75, 3.05) is 13.6 Å². The Hall–Kier alpha value is -1.45. The fourth-order valence-electron chi connectivity index (χ4n) is 3.41. The molecule has 1 aliphatic heterocycles. The SMILES string of the molecule is Cc1ccc2c(C(C)(C)N)c3c(nc2c1C)CCN(C)C3. The minimum atomic E-state index is -0.356. The molecule has 2 heterocycles. The van der Waals surface area contributed by atoms with Crippen molar-refractivity contribution in [1.29, 1.82) is 0 Å². The molecule has 0 radical (unpaired) electrons. The van der Waals surface area contributed by atoms with Crippen molar-refractivity contribution in [2.24, 2.45) is 5.73 Å². The lowest BCUT2D eigenvalue weighted by Gasteiger charge is -2.32. The van der Waals surface area contributed by atoms with E-state index in [9.17, 15) is 0 Å². The van der Waals surface area contributed by atoms with Crippen LogP contribution in [0.15, 0.2) is 12.1 Å². The molecule has 0 atom stereocenters. The van der Waals surface area contributed by atoms with Crippen molar-refractivity contribution in [3.8, 4) is 0 Å². The zero-order valence-electron chi connectivity index (χ0n) is 13.7. The highest BCUT2D eigenvalue weighted by atomic mass is 15.1. The molecule has 3 nitrogen and oxygen atoms in total. The lowest BCUT2D eigenvalue weighted by atomic mass is 9.84. The van der Waals surface area contributed by atoms with E-state index < -0.39 is 0 Å². The van der Waals surface area contributed by atoms with Crippen LogP contribution in [0.3, 0.4) is 0 Å². The van der Waals surface area contributed by atoms with E-state index in [1.165, 1.54) is 33.3 Å². The predicted octanol–water partition coefficient (Wildman–Crippen LogP) is 3.03. The third kappa shape index (κ3) is 2.34. The molecular formula is C18H25N3. The summed E-state index contributed by atoms with van der Waals surface area (Å²) in [5.74, 6) is 0. The maximum atomic E-state index is 6.53. The number of hydrogen-bond donors (Lipinski definition) is 1. The minimum absolute atomic E-state index is 0.356. The van der Waals surface area contributed by atoms with Crippen molar-refractivity contribution < 1.29 is 0 Å². The Kier molecular flexibility index (Phi) is 3.30. The number of hydrogen-bond acceptors (Lipinski definition) is 3. The molecule has 3 rings (SSSR count). The van der Waals surface area contributed by atoms with Crippen molar-refractivity contribution in [1.82, 2.24) is 9.88 Å². The minimum Gasteiger partial charge on any atom is -0.322 e. The van der Waals surface area contributed by atoms with E-state index in [4.69, 9.17) is 10.7 Å². The molecule has 0 saturated heterocycles. The Morgan fingerprint density at radius 3 is 2.62 bits per heavy atom. The van der Waals surface area contributed by atoms with E-state index >= 15 is 0 Å². The monoisotopic (exact) mass is 283 g/mol. The summed E-state index contributed by atoms with van der Waals surface area (Å²) in [7, 11) is 2.17. The van der Waals surface area contributed by atoms with Crippen LogP contribution in [-0.2, 0) is 18.5 Å². The summed E-state index contributed by atoms with van der Waals surface area (Å²) >= 11 is 0. The van der Waals surface area contributed by atoms with Gasteiger partial charge in [0.15, 0.2) is 0 Å². The third-order valence-electron chi connectivity index (χ3n) is 4.67. The van der Waals surface area contributed by atoms with Crippen LogP contribution in [0, 0.1) is 13.8 Å². The molecule has 0 unspecified atom stereocenters. The quantitative estimate of drug-likeness (QED) is 0.874. The average molecular weight is 283 g/mol. The molecule has 0 saturated carbocycles. The summed E-state index contributed by atoms with van der Waals surface area (Å²) in [5.41, 5.74) is 13.7. The van der Waals surface area contributed by atoms with Crippen LogP contribution in [0.5, 0.6) is 0 Å². The van der Waals surface area contributed by atoms with Crippen molar-refractivity contribution in [2.45, 2.75) is 46.2 Å². The zero-order valence-corrected chi connectivity index (χ0v) is 13.7. The molecule has 0 spiro atoms. The van der Waals surface area contributed by atoms with E-state index in [1.807, 2.05) is 0 Å². The number of pyridine rings is 1. The average Bonchev–Trinajstić information content (AvgIpc) is 2.39. The van der Waals surface area contributed by atoms with Gasteiger partial charge in [-0.2, -0.15) is 0 Å². The first-order valence-corrected chi connectivity index (χ1v) is 7.68. The molecule has 2 aromatic rings. The van der Waals surface area contributed by atoms with Gasteiger partial charge in [-0.15, -0.1) is 0 Å². The Morgan fingerprint density at radius 1 is 1.24 bits per heavy atom. The Bertz CT molecular complexity index is 711. The van der Waals surface area contributed by atoms with Crippen LogP contribution in [0.4, 0.5) is 0 Å². The summed E-state index contributed by atoms with van der Waals surface area (Å²) in [6.07, 6.45) is 1.01. The standard InChI is InChI=1S/C18H25N3/c1-11-6-7-13-16(18(3,4)19)14-10-21(5)9-8-15(14)20-17(13)12(11)2/h6-7H,8-10,19H2,1-5H3. The van der Waals surface area contributed by atoms with Crippen LogP contribution in [0.1, 0.15) is 41.8 Å². The number of aryl methyl sites for hydroxylation is 2. The Balaban J connectivity index is 2.43. The van der Waals surface area contributed by atoms with Gasteiger partial charge in [0.2, 0.25) is 0 Å². The van der Waals surface area contributed by atoms with E-state index in [-0.39, 0.29) is 5.54 Å². The molecule has 0 aliphatic carbocycles. The first-order chi connectivity index (χ1) is 9.79. The van der Waals surface area contributed by atoms with Gasteiger partial charge in [0.1, 0.15) is 0 Å². The molecule has 1 aromatic heterocycles. The van der Waals surface area contributed by atoms with Gasteiger partial charge in [-0.25, -0.2) is 0 Å². The summed E-state index contributed by atoms with van der Waals surface area (Å²) in [6, 6.07) is 4.39. The van der Waals surface area contributed by atoms with E-state index in [1.54, 1.807) is 0 Å². The van der Waals surface area contributed by atoms with E-state index in [0.29, 0.717) is 0 Å². The summed E-state index contributed by atoms with van der Waals surface area (Å²) in [5, 5.41) is 1.22. The van der Waals surface area contributed by atoms with Crippen LogP contribution in [-0.4, -0.2) is 23.5 Å². The third-order valence-corrected chi connectivity index (χ3v) is 4.67. The highest BCUT2D eigenvalue weighted by Gasteiger charge is 2.28. The van der Waals surface area contributed by atoms with Crippen LogP contribution >= 0.6 is 0 Å². The second kappa shape index (κ2) is 4.79. The topological polar surface area (TPSA) is 42.1 Å².